The zero-order chi connectivity index (χ0) is 23.4. The molecule has 0 aromatic heterocycles. The van der Waals surface area contributed by atoms with Crippen LogP contribution in [0.2, 0.25) is 20.1 Å². The van der Waals surface area contributed by atoms with Crippen LogP contribution in [0.25, 0.3) is 0 Å². The summed E-state index contributed by atoms with van der Waals surface area (Å²) in [5, 5.41) is 4.37. The molecule has 1 heterocycles. The first-order valence-corrected chi connectivity index (χ1v) is 10.6. The van der Waals surface area contributed by atoms with Crippen molar-refractivity contribution >= 4 is 75.8 Å². The smallest absolute Gasteiger partial charge is 0.311 e. The molecule has 0 aliphatic carbocycles. The van der Waals surface area contributed by atoms with Crippen LogP contribution in [0.1, 0.15) is 16.8 Å². The molecular weight excluding hydrogens is 504 g/mol. The zero-order valence-electron chi connectivity index (χ0n) is 16.2. The maximum Gasteiger partial charge on any atom is 0.311 e. The van der Waals surface area contributed by atoms with Gasteiger partial charge in [0.1, 0.15) is 0 Å². The molecule has 0 unspecified atom stereocenters. The Hall–Kier alpha value is -2.52. The number of amides is 3. The van der Waals surface area contributed by atoms with Crippen molar-refractivity contribution in [3.05, 3.63) is 62.1 Å². The van der Waals surface area contributed by atoms with E-state index in [1.54, 1.807) is 12.1 Å². The molecule has 0 radical (unpaired) electrons. The molecule has 168 valence electrons. The lowest BCUT2D eigenvalue weighted by Crippen LogP contribution is -2.43. The fourth-order valence-corrected chi connectivity index (χ4v) is 3.71. The predicted octanol–water partition coefficient (Wildman–Crippen LogP) is 3.98. The van der Waals surface area contributed by atoms with Gasteiger partial charge in [-0.2, -0.15) is 0 Å². The highest BCUT2D eigenvalue weighted by Gasteiger charge is 2.37. The third-order valence-corrected chi connectivity index (χ3v) is 5.81. The van der Waals surface area contributed by atoms with Crippen molar-refractivity contribution in [3.8, 4) is 0 Å². The van der Waals surface area contributed by atoms with Crippen molar-refractivity contribution in [1.82, 2.24) is 10.4 Å². The van der Waals surface area contributed by atoms with Crippen molar-refractivity contribution in [1.29, 1.82) is 0 Å². The number of hydrogen-bond donors (Lipinski definition) is 2. The van der Waals surface area contributed by atoms with Crippen molar-refractivity contribution in [2.75, 3.05) is 18.5 Å². The number of benzene rings is 2. The second-order valence-electron chi connectivity index (χ2n) is 6.73. The number of rotatable bonds is 6. The van der Waals surface area contributed by atoms with Gasteiger partial charge in [-0.1, -0.05) is 52.5 Å². The maximum absolute atomic E-state index is 12.4. The Bertz CT molecular complexity index is 1090. The van der Waals surface area contributed by atoms with Crippen LogP contribution >= 0.6 is 46.4 Å². The van der Waals surface area contributed by atoms with Crippen LogP contribution in [0.15, 0.2) is 36.4 Å². The molecule has 32 heavy (non-hydrogen) atoms. The van der Waals surface area contributed by atoms with Crippen molar-refractivity contribution in [2.24, 2.45) is 5.92 Å². The Kier molecular flexibility index (Phi) is 7.84. The summed E-state index contributed by atoms with van der Waals surface area (Å²) in [7, 11) is 0. The number of carbonyl (C=O) groups excluding carboxylic acids is 4. The summed E-state index contributed by atoms with van der Waals surface area (Å²) in [4.78, 5) is 48.9. The minimum atomic E-state index is -0.856. The third kappa shape index (κ3) is 5.83. The summed E-state index contributed by atoms with van der Waals surface area (Å²) in [5.74, 6) is -3.36. The minimum absolute atomic E-state index is 0.114. The number of anilines is 1. The normalized spacial score (nSPS) is 15.4. The summed E-state index contributed by atoms with van der Waals surface area (Å²) >= 11 is 23.7. The topological polar surface area (TPSA) is 105 Å². The zero-order valence-corrected chi connectivity index (χ0v) is 19.2. The SMILES string of the molecule is O=C(COC(=O)[C@H]1CC(=O)N(NC(=O)c2ccc(Cl)cc2Cl)C1)Nc1cccc(Cl)c1Cl. The van der Waals surface area contributed by atoms with E-state index in [1.165, 1.54) is 24.3 Å². The average molecular weight is 519 g/mol. The molecule has 0 bridgehead atoms. The molecule has 1 aliphatic rings. The van der Waals surface area contributed by atoms with Crippen molar-refractivity contribution in [3.63, 3.8) is 0 Å². The first kappa shape index (κ1) is 24.1. The van der Waals surface area contributed by atoms with Gasteiger partial charge in [0.15, 0.2) is 6.61 Å². The van der Waals surface area contributed by atoms with Crippen molar-refractivity contribution in [2.45, 2.75) is 6.42 Å². The Balaban J connectivity index is 1.51. The highest BCUT2D eigenvalue weighted by molar-refractivity contribution is 6.44. The summed E-state index contributed by atoms with van der Waals surface area (Å²) in [6.45, 7) is -0.699. The van der Waals surface area contributed by atoms with E-state index < -0.39 is 36.2 Å². The van der Waals surface area contributed by atoms with E-state index in [0.29, 0.717) is 5.02 Å². The molecule has 1 fully saturated rings. The number of hydrogen-bond acceptors (Lipinski definition) is 5. The van der Waals surface area contributed by atoms with Gasteiger partial charge < -0.3 is 10.1 Å². The molecule has 12 heteroatoms. The lowest BCUT2D eigenvalue weighted by molar-refractivity contribution is -0.151. The molecule has 3 amide bonds. The molecule has 2 N–H and O–H groups in total. The average Bonchev–Trinajstić information content (AvgIpc) is 3.10. The molecule has 3 rings (SSSR count). The molecule has 2 aromatic rings. The molecular formula is C20H15Cl4N3O5. The summed E-state index contributed by atoms with van der Waals surface area (Å²) < 4.78 is 4.99. The number of hydrazine groups is 1. The number of nitrogens with one attached hydrogen (secondary N) is 2. The summed E-state index contributed by atoms with van der Waals surface area (Å²) in [5.41, 5.74) is 2.79. The molecule has 2 aromatic carbocycles. The van der Waals surface area contributed by atoms with Gasteiger partial charge in [0.05, 0.1) is 38.8 Å². The van der Waals surface area contributed by atoms with Crippen LogP contribution in [-0.4, -0.2) is 41.9 Å². The lowest BCUT2D eigenvalue weighted by Gasteiger charge is -2.18. The first-order chi connectivity index (χ1) is 15.2. The second kappa shape index (κ2) is 10.4. The molecule has 1 saturated heterocycles. The van der Waals surface area contributed by atoms with Gasteiger partial charge in [-0.25, -0.2) is 0 Å². The van der Waals surface area contributed by atoms with Gasteiger partial charge in [0, 0.05) is 11.4 Å². The second-order valence-corrected chi connectivity index (χ2v) is 8.36. The van der Waals surface area contributed by atoms with E-state index in [-0.39, 0.29) is 39.3 Å². The van der Waals surface area contributed by atoms with E-state index in [4.69, 9.17) is 51.1 Å². The number of ether oxygens (including phenoxy) is 1. The van der Waals surface area contributed by atoms with E-state index in [1.807, 2.05) is 0 Å². The van der Waals surface area contributed by atoms with E-state index in [0.717, 1.165) is 5.01 Å². The minimum Gasteiger partial charge on any atom is -0.455 e. The number of esters is 1. The van der Waals surface area contributed by atoms with Crippen LogP contribution in [0, 0.1) is 5.92 Å². The van der Waals surface area contributed by atoms with Crippen LogP contribution < -0.4 is 10.7 Å². The Morgan fingerprint density at radius 1 is 1.06 bits per heavy atom. The standard InChI is InChI=1S/C20H15Cl4N3O5/c21-11-4-5-12(14(23)7-11)19(30)26-27-8-10(6-17(27)29)20(31)32-9-16(28)25-15-3-1-2-13(22)18(15)24/h1-5,7,10H,6,8-9H2,(H,25,28)(H,26,30)/t10-/m0/s1. The summed E-state index contributed by atoms with van der Waals surface area (Å²) in [6, 6.07) is 8.98. The van der Waals surface area contributed by atoms with Gasteiger partial charge in [-0.05, 0) is 30.3 Å². The number of nitrogens with zero attached hydrogens (tertiary/aromatic N) is 1. The maximum atomic E-state index is 12.4. The van der Waals surface area contributed by atoms with Gasteiger partial charge in [-0.15, -0.1) is 0 Å². The number of halogens is 4. The Labute approximate surface area is 202 Å². The molecule has 0 spiro atoms. The molecule has 1 aliphatic heterocycles. The number of carbonyl (C=O) groups is 4. The molecule has 0 saturated carbocycles. The highest BCUT2D eigenvalue weighted by atomic mass is 35.5. The highest BCUT2D eigenvalue weighted by Crippen LogP contribution is 2.29. The molecule has 1 atom stereocenters. The van der Waals surface area contributed by atoms with Crippen LogP contribution in [0.5, 0.6) is 0 Å². The third-order valence-electron chi connectivity index (χ3n) is 4.44. The van der Waals surface area contributed by atoms with Crippen LogP contribution in [-0.2, 0) is 19.1 Å². The fourth-order valence-electron chi connectivity index (χ4n) is 2.87. The van der Waals surface area contributed by atoms with Crippen molar-refractivity contribution < 1.29 is 23.9 Å². The van der Waals surface area contributed by atoms with E-state index >= 15 is 0 Å². The Morgan fingerprint density at radius 2 is 1.81 bits per heavy atom. The van der Waals surface area contributed by atoms with E-state index in [9.17, 15) is 19.2 Å². The fraction of sp³-hybridized carbons (Fsp3) is 0.200. The van der Waals surface area contributed by atoms with E-state index in [2.05, 4.69) is 10.7 Å². The van der Waals surface area contributed by atoms with Gasteiger partial charge in [0.2, 0.25) is 5.91 Å². The largest absolute Gasteiger partial charge is 0.455 e. The predicted molar refractivity (Wildman–Crippen MR) is 120 cm³/mol. The monoisotopic (exact) mass is 517 g/mol. The Morgan fingerprint density at radius 3 is 2.53 bits per heavy atom. The van der Waals surface area contributed by atoms with Gasteiger partial charge in [0.25, 0.3) is 11.8 Å². The summed E-state index contributed by atoms with van der Waals surface area (Å²) in [6.07, 6.45) is -0.185. The van der Waals surface area contributed by atoms with Gasteiger partial charge in [-0.3, -0.25) is 29.6 Å². The first-order valence-electron chi connectivity index (χ1n) is 9.12. The van der Waals surface area contributed by atoms with Gasteiger partial charge >= 0.3 is 5.97 Å². The van der Waals surface area contributed by atoms with Crippen LogP contribution in [0.3, 0.4) is 0 Å². The molecule has 8 nitrogen and oxygen atoms in total. The van der Waals surface area contributed by atoms with Crippen LogP contribution in [0.4, 0.5) is 5.69 Å². The lowest BCUT2D eigenvalue weighted by atomic mass is 10.1. The quantitative estimate of drug-likeness (QED) is 0.563.